The van der Waals surface area contributed by atoms with Crippen LogP contribution in [0.25, 0.3) is 0 Å². The van der Waals surface area contributed by atoms with Crippen LogP contribution in [-0.2, 0) is 14.4 Å². The van der Waals surface area contributed by atoms with Crippen molar-refractivity contribution in [3.05, 3.63) is 24.3 Å². The number of anilines is 2. The van der Waals surface area contributed by atoms with Crippen molar-refractivity contribution >= 4 is 29.1 Å². The first-order valence-corrected chi connectivity index (χ1v) is 8.61. The summed E-state index contributed by atoms with van der Waals surface area (Å²) in [7, 11) is 0. The maximum atomic E-state index is 12.0. The molecule has 0 unspecified atom stereocenters. The van der Waals surface area contributed by atoms with Gasteiger partial charge in [-0.1, -0.05) is 0 Å². The number of nitrogens with one attached hydrogen (secondary N) is 1. The van der Waals surface area contributed by atoms with Crippen LogP contribution in [0, 0.1) is 0 Å². The first kappa shape index (κ1) is 16.5. The zero-order valence-electron chi connectivity index (χ0n) is 13.8. The molecule has 128 valence electrons. The van der Waals surface area contributed by atoms with Crippen LogP contribution in [-0.4, -0.2) is 42.3 Å². The minimum atomic E-state index is -0.187. The SMILES string of the molecule is O=C(CCN1C(=O)CCC1=O)Nc1ccc(N2CCCCC2)cc1. The average Bonchev–Trinajstić information content (AvgIpc) is 2.93. The molecule has 6 nitrogen and oxygen atoms in total. The number of rotatable bonds is 5. The molecule has 1 N–H and O–H groups in total. The number of likely N-dealkylation sites (tertiary alicyclic amines) is 1. The zero-order chi connectivity index (χ0) is 16.9. The van der Waals surface area contributed by atoms with Crippen LogP contribution in [0.15, 0.2) is 24.3 Å². The number of carbonyl (C=O) groups excluding carboxylic acids is 3. The third-order valence-corrected chi connectivity index (χ3v) is 4.59. The van der Waals surface area contributed by atoms with Gasteiger partial charge in [-0.25, -0.2) is 0 Å². The number of hydrogen-bond acceptors (Lipinski definition) is 4. The minimum Gasteiger partial charge on any atom is -0.372 e. The van der Waals surface area contributed by atoms with Gasteiger partial charge in [0.15, 0.2) is 0 Å². The summed E-state index contributed by atoms with van der Waals surface area (Å²) >= 11 is 0. The second-order valence-electron chi connectivity index (χ2n) is 6.33. The Bertz CT molecular complexity index is 605. The van der Waals surface area contributed by atoms with Crippen molar-refractivity contribution in [2.75, 3.05) is 29.9 Å². The Morgan fingerprint density at radius 2 is 1.58 bits per heavy atom. The van der Waals surface area contributed by atoms with Crippen molar-refractivity contribution in [2.45, 2.75) is 38.5 Å². The van der Waals surface area contributed by atoms with E-state index in [9.17, 15) is 14.4 Å². The summed E-state index contributed by atoms with van der Waals surface area (Å²) in [5.74, 6) is -0.550. The van der Waals surface area contributed by atoms with Gasteiger partial charge in [0.05, 0.1) is 0 Å². The molecule has 2 aliphatic rings. The summed E-state index contributed by atoms with van der Waals surface area (Å²) in [5, 5.41) is 2.82. The van der Waals surface area contributed by atoms with Gasteiger partial charge < -0.3 is 10.2 Å². The monoisotopic (exact) mass is 329 g/mol. The van der Waals surface area contributed by atoms with Crippen molar-refractivity contribution in [3.8, 4) is 0 Å². The van der Waals surface area contributed by atoms with Gasteiger partial charge in [0, 0.05) is 50.3 Å². The van der Waals surface area contributed by atoms with E-state index in [0.29, 0.717) is 0 Å². The molecule has 2 heterocycles. The summed E-state index contributed by atoms with van der Waals surface area (Å²) in [6.07, 6.45) is 4.41. The van der Waals surface area contributed by atoms with Crippen LogP contribution in [0.4, 0.5) is 11.4 Å². The quantitative estimate of drug-likeness (QED) is 0.841. The molecular weight excluding hydrogens is 306 g/mol. The Balaban J connectivity index is 1.49. The van der Waals surface area contributed by atoms with Crippen LogP contribution in [0.2, 0.25) is 0 Å². The first-order valence-electron chi connectivity index (χ1n) is 8.61. The van der Waals surface area contributed by atoms with Crippen molar-refractivity contribution in [1.29, 1.82) is 0 Å². The van der Waals surface area contributed by atoms with Gasteiger partial charge in [0.1, 0.15) is 0 Å². The Hall–Kier alpha value is -2.37. The second-order valence-corrected chi connectivity index (χ2v) is 6.33. The average molecular weight is 329 g/mol. The molecule has 2 saturated heterocycles. The van der Waals surface area contributed by atoms with Gasteiger partial charge in [0.2, 0.25) is 17.7 Å². The van der Waals surface area contributed by atoms with Crippen molar-refractivity contribution in [3.63, 3.8) is 0 Å². The fourth-order valence-corrected chi connectivity index (χ4v) is 3.22. The normalized spacial score (nSPS) is 18.2. The smallest absolute Gasteiger partial charge is 0.229 e. The van der Waals surface area contributed by atoms with Crippen molar-refractivity contribution < 1.29 is 14.4 Å². The molecule has 0 radical (unpaired) electrons. The molecule has 0 aliphatic carbocycles. The number of nitrogens with zero attached hydrogens (tertiary/aromatic N) is 2. The second kappa shape index (κ2) is 7.47. The number of benzene rings is 1. The molecule has 1 aromatic carbocycles. The van der Waals surface area contributed by atoms with Gasteiger partial charge in [-0.3, -0.25) is 19.3 Å². The Labute approximate surface area is 141 Å². The molecule has 0 aromatic heterocycles. The van der Waals surface area contributed by atoms with Crippen LogP contribution in [0.1, 0.15) is 38.5 Å². The molecule has 3 amide bonds. The predicted molar refractivity (Wildman–Crippen MR) is 91.7 cm³/mol. The largest absolute Gasteiger partial charge is 0.372 e. The molecular formula is C18H23N3O3. The lowest BCUT2D eigenvalue weighted by molar-refractivity contribution is -0.138. The van der Waals surface area contributed by atoms with E-state index in [4.69, 9.17) is 0 Å². The Morgan fingerprint density at radius 3 is 2.21 bits per heavy atom. The molecule has 3 rings (SSSR count). The molecule has 0 atom stereocenters. The van der Waals surface area contributed by atoms with Crippen molar-refractivity contribution in [1.82, 2.24) is 4.90 Å². The molecule has 0 bridgehead atoms. The summed E-state index contributed by atoms with van der Waals surface area (Å²) < 4.78 is 0. The number of hydrogen-bond donors (Lipinski definition) is 1. The molecule has 6 heteroatoms. The highest BCUT2D eigenvalue weighted by Gasteiger charge is 2.28. The van der Waals surface area contributed by atoms with E-state index in [-0.39, 0.29) is 43.5 Å². The lowest BCUT2D eigenvalue weighted by atomic mass is 10.1. The topological polar surface area (TPSA) is 69.7 Å². The fourth-order valence-electron chi connectivity index (χ4n) is 3.22. The van der Waals surface area contributed by atoms with Gasteiger partial charge in [-0.15, -0.1) is 0 Å². The third-order valence-electron chi connectivity index (χ3n) is 4.59. The lowest BCUT2D eigenvalue weighted by Gasteiger charge is -2.28. The summed E-state index contributed by atoms with van der Waals surface area (Å²) in [6.45, 7) is 2.34. The molecule has 0 spiro atoms. The molecule has 2 aliphatic heterocycles. The van der Waals surface area contributed by atoms with Crippen LogP contribution < -0.4 is 10.2 Å². The maximum absolute atomic E-state index is 12.0. The summed E-state index contributed by atoms with van der Waals surface area (Å²) in [6, 6.07) is 7.84. The Kier molecular flexibility index (Phi) is 5.13. The van der Waals surface area contributed by atoms with Gasteiger partial charge in [-0.05, 0) is 43.5 Å². The third kappa shape index (κ3) is 3.93. The van der Waals surface area contributed by atoms with Gasteiger partial charge in [-0.2, -0.15) is 0 Å². The van der Waals surface area contributed by atoms with E-state index in [2.05, 4.69) is 10.2 Å². The molecule has 1 aromatic rings. The number of imide groups is 1. The summed E-state index contributed by atoms with van der Waals surface area (Å²) in [5.41, 5.74) is 1.92. The number of piperidine rings is 1. The van der Waals surface area contributed by atoms with Crippen LogP contribution in [0.3, 0.4) is 0 Å². The maximum Gasteiger partial charge on any atom is 0.229 e. The summed E-state index contributed by atoms with van der Waals surface area (Å²) in [4.78, 5) is 38.6. The van der Waals surface area contributed by atoms with E-state index < -0.39 is 0 Å². The highest BCUT2D eigenvalue weighted by molar-refractivity contribution is 6.02. The first-order chi connectivity index (χ1) is 11.6. The van der Waals surface area contributed by atoms with Crippen LogP contribution >= 0.6 is 0 Å². The lowest BCUT2D eigenvalue weighted by Crippen LogP contribution is -2.32. The van der Waals surface area contributed by atoms with E-state index in [0.717, 1.165) is 18.8 Å². The number of amides is 3. The standard InChI is InChI=1S/C18H23N3O3/c22-16(10-13-21-17(23)8-9-18(21)24)19-14-4-6-15(7-5-14)20-11-2-1-3-12-20/h4-7H,1-3,8-13H2,(H,19,22). The predicted octanol–water partition coefficient (Wildman–Crippen LogP) is 2.15. The van der Waals surface area contributed by atoms with E-state index in [1.807, 2.05) is 24.3 Å². The van der Waals surface area contributed by atoms with Gasteiger partial charge >= 0.3 is 0 Å². The van der Waals surface area contributed by atoms with E-state index in [1.54, 1.807) is 0 Å². The number of carbonyl (C=O) groups is 3. The van der Waals surface area contributed by atoms with E-state index >= 15 is 0 Å². The minimum absolute atomic E-state index is 0.130. The highest BCUT2D eigenvalue weighted by Crippen LogP contribution is 2.22. The zero-order valence-corrected chi connectivity index (χ0v) is 13.8. The van der Waals surface area contributed by atoms with Crippen molar-refractivity contribution in [2.24, 2.45) is 0 Å². The fraction of sp³-hybridized carbons (Fsp3) is 0.500. The molecule has 0 saturated carbocycles. The van der Waals surface area contributed by atoms with Crippen LogP contribution in [0.5, 0.6) is 0 Å². The van der Waals surface area contributed by atoms with Gasteiger partial charge in [0.25, 0.3) is 0 Å². The highest BCUT2D eigenvalue weighted by atomic mass is 16.2. The molecule has 2 fully saturated rings. The van der Waals surface area contributed by atoms with E-state index in [1.165, 1.54) is 29.8 Å². The Morgan fingerprint density at radius 1 is 0.958 bits per heavy atom. The molecule has 24 heavy (non-hydrogen) atoms.